The third kappa shape index (κ3) is 5.06. The third-order valence-corrected chi connectivity index (χ3v) is 5.77. The first kappa shape index (κ1) is 20.9. The number of hydrogen-bond donors (Lipinski definition) is 0. The highest BCUT2D eigenvalue weighted by Gasteiger charge is 2.17. The van der Waals surface area contributed by atoms with Crippen molar-refractivity contribution in [2.24, 2.45) is 0 Å². The van der Waals surface area contributed by atoms with Gasteiger partial charge in [-0.1, -0.05) is 30.0 Å². The summed E-state index contributed by atoms with van der Waals surface area (Å²) in [7, 11) is 1.66. The topological polar surface area (TPSA) is 62.1 Å². The SMILES string of the molecule is COc1ccc(OCCCSc2nnc(-c3cccnc3)n2-c2ccccc2C)cc1. The predicted octanol–water partition coefficient (Wildman–Crippen LogP) is 5.21. The van der Waals surface area contributed by atoms with E-state index in [1.165, 1.54) is 0 Å². The molecule has 7 heteroatoms. The van der Waals surface area contributed by atoms with E-state index >= 15 is 0 Å². The van der Waals surface area contributed by atoms with Crippen LogP contribution in [0.15, 0.2) is 78.2 Å². The van der Waals surface area contributed by atoms with Gasteiger partial charge in [-0.15, -0.1) is 10.2 Å². The van der Waals surface area contributed by atoms with Crippen molar-refractivity contribution in [3.63, 3.8) is 0 Å². The Morgan fingerprint density at radius 3 is 2.48 bits per heavy atom. The molecule has 0 aliphatic rings. The lowest BCUT2D eigenvalue weighted by Crippen LogP contribution is -2.03. The number of para-hydroxylation sites is 1. The molecule has 6 nitrogen and oxygen atoms in total. The van der Waals surface area contributed by atoms with Gasteiger partial charge in [0.15, 0.2) is 11.0 Å². The smallest absolute Gasteiger partial charge is 0.196 e. The van der Waals surface area contributed by atoms with Gasteiger partial charge in [-0.2, -0.15) is 0 Å². The summed E-state index contributed by atoms with van der Waals surface area (Å²) in [5.41, 5.74) is 3.17. The van der Waals surface area contributed by atoms with Crippen molar-refractivity contribution in [2.75, 3.05) is 19.5 Å². The Bertz CT molecular complexity index is 1110. The Balaban J connectivity index is 1.45. The number of thioether (sulfide) groups is 1. The largest absolute Gasteiger partial charge is 0.497 e. The van der Waals surface area contributed by atoms with E-state index in [4.69, 9.17) is 9.47 Å². The zero-order valence-corrected chi connectivity index (χ0v) is 18.4. The van der Waals surface area contributed by atoms with Gasteiger partial charge in [-0.25, -0.2) is 0 Å². The highest BCUT2D eigenvalue weighted by Crippen LogP contribution is 2.29. The first-order valence-electron chi connectivity index (χ1n) is 10.1. The molecule has 0 saturated heterocycles. The molecule has 0 amide bonds. The fraction of sp³-hybridized carbons (Fsp3) is 0.208. The zero-order valence-electron chi connectivity index (χ0n) is 17.6. The lowest BCUT2D eigenvalue weighted by molar-refractivity contribution is 0.318. The predicted molar refractivity (Wildman–Crippen MR) is 123 cm³/mol. The molecule has 0 spiro atoms. The van der Waals surface area contributed by atoms with Gasteiger partial charge in [0.05, 0.1) is 19.4 Å². The molecule has 2 aromatic carbocycles. The first-order chi connectivity index (χ1) is 15.3. The van der Waals surface area contributed by atoms with Crippen LogP contribution in [-0.4, -0.2) is 39.2 Å². The fourth-order valence-electron chi connectivity index (χ4n) is 3.16. The highest BCUT2D eigenvalue weighted by molar-refractivity contribution is 7.99. The van der Waals surface area contributed by atoms with Gasteiger partial charge in [0.1, 0.15) is 11.5 Å². The van der Waals surface area contributed by atoms with Gasteiger partial charge in [0, 0.05) is 23.7 Å². The number of hydrogen-bond acceptors (Lipinski definition) is 6. The third-order valence-electron chi connectivity index (χ3n) is 4.76. The summed E-state index contributed by atoms with van der Waals surface area (Å²) in [4.78, 5) is 4.24. The minimum Gasteiger partial charge on any atom is -0.497 e. The summed E-state index contributed by atoms with van der Waals surface area (Å²) in [5.74, 6) is 3.32. The summed E-state index contributed by atoms with van der Waals surface area (Å²) in [6, 6.07) is 19.8. The molecule has 0 N–H and O–H groups in total. The molecule has 158 valence electrons. The molecular weight excluding hydrogens is 408 g/mol. The molecular formula is C24H24N4O2S. The maximum Gasteiger partial charge on any atom is 0.196 e. The van der Waals surface area contributed by atoms with Crippen LogP contribution >= 0.6 is 11.8 Å². The van der Waals surface area contributed by atoms with Crippen molar-refractivity contribution in [2.45, 2.75) is 18.5 Å². The quantitative estimate of drug-likeness (QED) is 0.267. The number of rotatable bonds is 9. The van der Waals surface area contributed by atoms with E-state index in [-0.39, 0.29) is 0 Å². The standard InChI is InChI=1S/C24H24N4O2S/c1-18-7-3-4-9-22(18)28-23(19-8-5-14-25-17-19)26-27-24(28)31-16-6-15-30-21-12-10-20(29-2)11-13-21/h3-5,7-14,17H,6,15-16H2,1-2H3. The van der Waals surface area contributed by atoms with Gasteiger partial charge in [-0.3, -0.25) is 9.55 Å². The van der Waals surface area contributed by atoms with E-state index in [9.17, 15) is 0 Å². The number of methoxy groups -OCH3 is 1. The lowest BCUT2D eigenvalue weighted by atomic mass is 10.2. The fourth-order valence-corrected chi connectivity index (χ4v) is 4.02. The van der Waals surface area contributed by atoms with Crippen molar-refractivity contribution >= 4 is 11.8 Å². The molecule has 2 aromatic heterocycles. The van der Waals surface area contributed by atoms with E-state index in [2.05, 4.69) is 38.8 Å². The number of nitrogens with zero attached hydrogens (tertiary/aromatic N) is 4. The van der Waals surface area contributed by atoms with Gasteiger partial charge in [0.2, 0.25) is 0 Å². The number of aromatic nitrogens is 4. The Kier molecular flexibility index (Phi) is 6.84. The molecule has 0 aliphatic carbocycles. The molecule has 31 heavy (non-hydrogen) atoms. The van der Waals surface area contributed by atoms with Crippen LogP contribution in [0.5, 0.6) is 11.5 Å². The number of ether oxygens (including phenoxy) is 2. The molecule has 0 fully saturated rings. The summed E-state index contributed by atoms with van der Waals surface area (Å²) < 4.78 is 13.1. The van der Waals surface area contributed by atoms with Crippen LogP contribution in [0.2, 0.25) is 0 Å². The molecule has 4 aromatic rings. The molecule has 0 atom stereocenters. The van der Waals surface area contributed by atoms with Gasteiger partial charge in [0.25, 0.3) is 0 Å². The first-order valence-corrected chi connectivity index (χ1v) is 11.1. The molecule has 0 saturated carbocycles. The Labute approximate surface area is 186 Å². The van der Waals surface area contributed by atoms with Crippen molar-refractivity contribution in [1.82, 2.24) is 19.7 Å². The highest BCUT2D eigenvalue weighted by atomic mass is 32.2. The van der Waals surface area contributed by atoms with Crippen LogP contribution in [0, 0.1) is 6.92 Å². The van der Waals surface area contributed by atoms with Gasteiger partial charge >= 0.3 is 0 Å². The van der Waals surface area contributed by atoms with Gasteiger partial charge < -0.3 is 9.47 Å². The van der Waals surface area contributed by atoms with Crippen molar-refractivity contribution < 1.29 is 9.47 Å². The zero-order chi connectivity index (χ0) is 21.5. The Hall–Kier alpha value is -3.32. The van der Waals surface area contributed by atoms with Crippen LogP contribution in [0.3, 0.4) is 0 Å². The number of aryl methyl sites for hydroxylation is 1. The molecule has 2 heterocycles. The Morgan fingerprint density at radius 2 is 1.74 bits per heavy atom. The van der Waals surface area contributed by atoms with E-state index in [1.807, 2.05) is 54.7 Å². The molecule has 0 unspecified atom stereocenters. The van der Waals surface area contributed by atoms with E-state index in [1.54, 1.807) is 25.1 Å². The van der Waals surface area contributed by atoms with Crippen LogP contribution in [0.25, 0.3) is 17.1 Å². The maximum absolute atomic E-state index is 5.83. The number of benzene rings is 2. The average Bonchev–Trinajstić information content (AvgIpc) is 3.24. The van der Waals surface area contributed by atoms with E-state index < -0.39 is 0 Å². The van der Waals surface area contributed by atoms with Crippen molar-refractivity contribution in [1.29, 1.82) is 0 Å². The normalized spacial score (nSPS) is 10.8. The van der Waals surface area contributed by atoms with E-state index in [0.717, 1.165) is 51.5 Å². The second-order valence-corrected chi connectivity index (χ2v) is 7.96. The summed E-state index contributed by atoms with van der Waals surface area (Å²) in [6.45, 7) is 2.73. The minimum absolute atomic E-state index is 0.632. The molecule has 0 radical (unpaired) electrons. The van der Waals surface area contributed by atoms with E-state index in [0.29, 0.717) is 6.61 Å². The summed E-state index contributed by atoms with van der Waals surface area (Å²) >= 11 is 1.68. The van der Waals surface area contributed by atoms with Gasteiger partial charge in [-0.05, 0) is 61.4 Å². The molecule has 0 bridgehead atoms. The van der Waals surface area contributed by atoms with Crippen molar-refractivity contribution in [3.8, 4) is 28.6 Å². The summed E-state index contributed by atoms with van der Waals surface area (Å²) in [5, 5.41) is 9.81. The van der Waals surface area contributed by atoms with Crippen molar-refractivity contribution in [3.05, 3.63) is 78.6 Å². The molecule has 4 rings (SSSR count). The van der Waals surface area contributed by atoms with Crippen LogP contribution in [-0.2, 0) is 0 Å². The summed E-state index contributed by atoms with van der Waals surface area (Å²) in [6.07, 6.45) is 4.46. The molecule has 0 aliphatic heterocycles. The average molecular weight is 433 g/mol. The second-order valence-electron chi connectivity index (χ2n) is 6.90. The minimum atomic E-state index is 0.632. The van der Waals surface area contributed by atoms with Crippen LogP contribution < -0.4 is 9.47 Å². The maximum atomic E-state index is 5.83. The lowest BCUT2D eigenvalue weighted by Gasteiger charge is -2.13. The van der Waals surface area contributed by atoms with Crippen LogP contribution in [0.1, 0.15) is 12.0 Å². The number of pyridine rings is 1. The monoisotopic (exact) mass is 432 g/mol. The van der Waals surface area contributed by atoms with Crippen LogP contribution in [0.4, 0.5) is 0 Å². The second kappa shape index (κ2) is 10.1. The Morgan fingerprint density at radius 1 is 0.935 bits per heavy atom.